The van der Waals surface area contributed by atoms with E-state index < -0.39 is 0 Å². The van der Waals surface area contributed by atoms with Crippen LogP contribution in [0.5, 0.6) is 5.75 Å². The Kier molecular flexibility index (Phi) is 8.25. The number of hydrogen-bond acceptors (Lipinski definition) is 5. The van der Waals surface area contributed by atoms with Crippen molar-refractivity contribution in [2.45, 2.75) is 19.8 Å². The van der Waals surface area contributed by atoms with Gasteiger partial charge in [0.1, 0.15) is 5.75 Å². The SMILES string of the molecule is CCCOc1cc(N)cc(NCCSCCCO)c1. The molecule has 0 aromatic heterocycles. The molecule has 108 valence electrons. The fraction of sp³-hybridized carbons (Fsp3) is 0.571. The van der Waals surface area contributed by atoms with E-state index in [9.17, 15) is 0 Å². The topological polar surface area (TPSA) is 67.5 Å². The fourth-order valence-corrected chi connectivity index (χ4v) is 2.35. The van der Waals surface area contributed by atoms with E-state index in [0.717, 1.165) is 42.3 Å². The van der Waals surface area contributed by atoms with Crippen molar-refractivity contribution in [2.75, 3.05) is 42.3 Å². The van der Waals surface area contributed by atoms with Gasteiger partial charge in [-0.2, -0.15) is 11.8 Å². The third kappa shape index (κ3) is 7.18. The maximum absolute atomic E-state index is 8.68. The second kappa shape index (κ2) is 9.81. The quantitative estimate of drug-likeness (QED) is 0.455. The highest BCUT2D eigenvalue weighted by molar-refractivity contribution is 7.99. The molecule has 4 N–H and O–H groups in total. The van der Waals surface area contributed by atoms with Crippen molar-refractivity contribution in [3.8, 4) is 5.75 Å². The van der Waals surface area contributed by atoms with Crippen LogP contribution in [0.25, 0.3) is 0 Å². The van der Waals surface area contributed by atoms with E-state index in [4.69, 9.17) is 15.6 Å². The van der Waals surface area contributed by atoms with Crippen molar-refractivity contribution in [2.24, 2.45) is 0 Å². The van der Waals surface area contributed by atoms with Crippen LogP contribution in [-0.2, 0) is 0 Å². The molecule has 0 saturated carbocycles. The van der Waals surface area contributed by atoms with Crippen LogP contribution in [0.3, 0.4) is 0 Å². The zero-order valence-electron chi connectivity index (χ0n) is 11.5. The lowest BCUT2D eigenvalue weighted by Crippen LogP contribution is -2.06. The van der Waals surface area contributed by atoms with Crippen LogP contribution in [0.1, 0.15) is 19.8 Å². The number of aliphatic hydroxyl groups is 1. The standard InChI is InChI=1S/C14H24N2O2S/c1-2-6-18-14-10-12(15)9-13(11-14)16-4-8-19-7-3-5-17/h9-11,16-17H,2-8,15H2,1H3. The monoisotopic (exact) mass is 284 g/mol. The molecular weight excluding hydrogens is 260 g/mol. The Labute approximate surface area is 119 Å². The number of benzene rings is 1. The summed E-state index contributed by atoms with van der Waals surface area (Å²) in [6, 6.07) is 5.73. The lowest BCUT2D eigenvalue weighted by Gasteiger charge is -2.10. The van der Waals surface area contributed by atoms with Crippen LogP contribution in [0.15, 0.2) is 18.2 Å². The highest BCUT2D eigenvalue weighted by atomic mass is 32.2. The molecule has 0 aliphatic carbocycles. The molecule has 0 aliphatic rings. The van der Waals surface area contributed by atoms with Crippen molar-refractivity contribution < 1.29 is 9.84 Å². The molecule has 0 heterocycles. The summed E-state index contributed by atoms with van der Waals surface area (Å²) < 4.78 is 5.58. The van der Waals surface area contributed by atoms with Crippen molar-refractivity contribution in [1.29, 1.82) is 0 Å². The van der Waals surface area contributed by atoms with Gasteiger partial charge in [0.15, 0.2) is 0 Å². The van der Waals surface area contributed by atoms with Crippen LogP contribution in [0.4, 0.5) is 11.4 Å². The molecule has 1 aromatic carbocycles. The maximum atomic E-state index is 8.68. The minimum atomic E-state index is 0.272. The molecule has 0 amide bonds. The largest absolute Gasteiger partial charge is 0.493 e. The number of nitrogens with two attached hydrogens (primary N) is 1. The molecule has 0 saturated heterocycles. The molecule has 1 aromatic rings. The van der Waals surface area contributed by atoms with Crippen LogP contribution < -0.4 is 15.8 Å². The molecule has 4 nitrogen and oxygen atoms in total. The van der Waals surface area contributed by atoms with Gasteiger partial charge in [-0.3, -0.25) is 0 Å². The summed E-state index contributed by atoms with van der Waals surface area (Å²) in [6.07, 6.45) is 1.84. The smallest absolute Gasteiger partial charge is 0.123 e. The van der Waals surface area contributed by atoms with Gasteiger partial charge >= 0.3 is 0 Å². The van der Waals surface area contributed by atoms with Crippen LogP contribution >= 0.6 is 11.8 Å². The predicted octanol–water partition coefficient (Wildman–Crippen LogP) is 2.59. The molecule has 1 rings (SSSR count). The molecule has 0 fully saturated rings. The predicted molar refractivity (Wildman–Crippen MR) is 84.2 cm³/mol. The third-order valence-corrected chi connectivity index (χ3v) is 3.49. The Hall–Kier alpha value is -1.07. The van der Waals surface area contributed by atoms with Crippen LogP contribution in [0, 0.1) is 0 Å². The van der Waals surface area contributed by atoms with E-state index in [1.54, 1.807) is 0 Å². The fourth-order valence-electron chi connectivity index (χ4n) is 1.56. The highest BCUT2D eigenvalue weighted by Crippen LogP contribution is 2.22. The van der Waals surface area contributed by atoms with E-state index >= 15 is 0 Å². The molecule has 0 aliphatic heterocycles. The molecule has 19 heavy (non-hydrogen) atoms. The normalized spacial score (nSPS) is 10.4. The number of anilines is 2. The first kappa shape index (κ1) is 16.0. The van der Waals surface area contributed by atoms with E-state index in [-0.39, 0.29) is 6.61 Å². The van der Waals surface area contributed by atoms with Gasteiger partial charge in [-0.25, -0.2) is 0 Å². The molecule has 0 unspecified atom stereocenters. The first-order valence-electron chi connectivity index (χ1n) is 6.72. The van der Waals surface area contributed by atoms with Gasteiger partial charge in [0.2, 0.25) is 0 Å². The van der Waals surface area contributed by atoms with Crippen molar-refractivity contribution in [1.82, 2.24) is 0 Å². The Morgan fingerprint density at radius 3 is 2.89 bits per heavy atom. The number of thioether (sulfide) groups is 1. The number of ether oxygens (including phenoxy) is 1. The Morgan fingerprint density at radius 2 is 2.16 bits per heavy atom. The Morgan fingerprint density at radius 1 is 1.32 bits per heavy atom. The molecule has 0 atom stereocenters. The Balaban J connectivity index is 2.34. The third-order valence-electron chi connectivity index (χ3n) is 2.42. The average Bonchev–Trinajstić information content (AvgIpc) is 2.40. The van der Waals surface area contributed by atoms with Gasteiger partial charge in [-0.05, 0) is 24.7 Å². The van der Waals surface area contributed by atoms with Gasteiger partial charge in [0.05, 0.1) is 6.61 Å². The maximum Gasteiger partial charge on any atom is 0.123 e. The molecule has 0 bridgehead atoms. The van der Waals surface area contributed by atoms with Crippen LogP contribution in [-0.4, -0.2) is 36.4 Å². The number of nitrogen functional groups attached to an aromatic ring is 1. The number of rotatable bonds is 10. The zero-order valence-corrected chi connectivity index (χ0v) is 12.3. The minimum Gasteiger partial charge on any atom is -0.493 e. The van der Waals surface area contributed by atoms with E-state index in [1.165, 1.54) is 0 Å². The van der Waals surface area contributed by atoms with Crippen LogP contribution in [0.2, 0.25) is 0 Å². The van der Waals surface area contributed by atoms with Crippen molar-refractivity contribution in [3.05, 3.63) is 18.2 Å². The highest BCUT2D eigenvalue weighted by Gasteiger charge is 2.00. The number of aliphatic hydroxyl groups excluding tert-OH is 1. The molecular formula is C14H24N2O2S. The lowest BCUT2D eigenvalue weighted by molar-refractivity contribution is 0.296. The molecule has 5 heteroatoms. The minimum absolute atomic E-state index is 0.272. The summed E-state index contributed by atoms with van der Waals surface area (Å²) in [7, 11) is 0. The number of nitrogens with one attached hydrogen (secondary N) is 1. The Bertz CT molecular complexity index is 361. The van der Waals surface area contributed by atoms with Gasteiger partial charge < -0.3 is 20.9 Å². The second-order valence-corrected chi connectivity index (χ2v) is 5.48. The lowest BCUT2D eigenvalue weighted by atomic mass is 10.2. The van der Waals surface area contributed by atoms with E-state index in [1.807, 2.05) is 30.0 Å². The average molecular weight is 284 g/mol. The molecule has 0 radical (unpaired) electrons. The summed E-state index contributed by atoms with van der Waals surface area (Å²) in [6.45, 7) is 3.94. The van der Waals surface area contributed by atoms with E-state index in [0.29, 0.717) is 12.3 Å². The zero-order chi connectivity index (χ0) is 13.9. The van der Waals surface area contributed by atoms with Crippen molar-refractivity contribution >= 4 is 23.1 Å². The first-order chi connectivity index (χ1) is 9.26. The van der Waals surface area contributed by atoms with Gasteiger partial charge in [-0.15, -0.1) is 0 Å². The number of hydrogen-bond donors (Lipinski definition) is 3. The van der Waals surface area contributed by atoms with Gasteiger partial charge in [0, 0.05) is 42.4 Å². The molecule has 0 spiro atoms. The summed E-state index contributed by atoms with van der Waals surface area (Å²) in [5, 5.41) is 12.0. The van der Waals surface area contributed by atoms with Gasteiger partial charge in [-0.1, -0.05) is 6.92 Å². The second-order valence-electron chi connectivity index (χ2n) is 4.26. The summed E-state index contributed by atoms with van der Waals surface area (Å²) in [5.41, 5.74) is 7.55. The first-order valence-corrected chi connectivity index (χ1v) is 7.87. The summed E-state index contributed by atoms with van der Waals surface area (Å²) in [5.74, 6) is 2.83. The van der Waals surface area contributed by atoms with Crippen molar-refractivity contribution in [3.63, 3.8) is 0 Å². The summed E-state index contributed by atoms with van der Waals surface area (Å²) >= 11 is 1.83. The van der Waals surface area contributed by atoms with E-state index in [2.05, 4.69) is 12.2 Å². The van der Waals surface area contributed by atoms with Gasteiger partial charge in [0.25, 0.3) is 0 Å². The summed E-state index contributed by atoms with van der Waals surface area (Å²) in [4.78, 5) is 0.